The molecule has 1 atom stereocenters. The maximum Gasteiger partial charge on any atom is 0.438 e. The van der Waals surface area contributed by atoms with Crippen LogP contribution >= 0.6 is 0 Å². The van der Waals surface area contributed by atoms with Crippen LogP contribution < -0.4 is 9.47 Å². The highest BCUT2D eigenvalue weighted by Gasteiger charge is 2.62. The number of hydrogen-bond donors (Lipinski definition) is 1. The minimum absolute atomic E-state index is 0.0324. The van der Waals surface area contributed by atoms with Crippen LogP contribution in [0.5, 0.6) is 11.5 Å². The number of alkyl halides is 5. The second-order valence-electron chi connectivity index (χ2n) is 5.42. The fourth-order valence-electron chi connectivity index (χ4n) is 2.38. The van der Waals surface area contributed by atoms with Gasteiger partial charge in [0.1, 0.15) is 0 Å². The number of nitrogens with zero attached hydrogens (tertiary/aromatic N) is 2. The van der Waals surface area contributed by atoms with Gasteiger partial charge in [-0.25, -0.2) is 0 Å². The molecule has 1 aliphatic rings. The zero-order valence-electron chi connectivity index (χ0n) is 13.7. The summed E-state index contributed by atoms with van der Waals surface area (Å²) in [5.74, 6) is -1.91. The first-order chi connectivity index (χ1) is 12.0. The molecule has 1 heterocycles. The molecule has 0 unspecified atom stereocenters. The third-order valence-corrected chi connectivity index (χ3v) is 3.48. The lowest BCUT2D eigenvalue weighted by Crippen LogP contribution is -2.56. The van der Waals surface area contributed by atoms with Crippen LogP contribution in [-0.2, 0) is 0 Å². The van der Waals surface area contributed by atoms with Crippen LogP contribution in [0.1, 0.15) is 30.6 Å². The Bertz CT molecular complexity index is 722. The summed E-state index contributed by atoms with van der Waals surface area (Å²) in [6, 6.07) is 2.88. The number of hydrogen-bond acceptors (Lipinski definition) is 5. The molecule has 0 bridgehead atoms. The molecule has 2 rings (SSSR count). The van der Waals surface area contributed by atoms with Crippen LogP contribution in [0.3, 0.4) is 0 Å². The van der Waals surface area contributed by atoms with Gasteiger partial charge in [0, 0.05) is 17.7 Å². The predicted octanol–water partition coefficient (Wildman–Crippen LogP) is 3.16. The number of carbonyl (C=O) groups is 1. The van der Waals surface area contributed by atoms with Crippen molar-refractivity contribution >= 4 is 11.6 Å². The number of halogens is 5. The molecular weight excluding hydrogens is 367 g/mol. The zero-order chi connectivity index (χ0) is 19.7. The Morgan fingerprint density at radius 1 is 1.38 bits per heavy atom. The maximum absolute atomic E-state index is 13.2. The Hall–Kier alpha value is -2.43. The van der Waals surface area contributed by atoms with E-state index in [0.29, 0.717) is 0 Å². The van der Waals surface area contributed by atoms with Crippen molar-refractivity contribution in [2.24, 2.45) is 5.10 Å². The van der Waals surface area contributed by atoms with E-state index in [2.05, 4.69) is 9.84 Å². The second-order valence-corrected chi connectivity index (χ2v) is 5.42. The van der Waals surface area contributed by atoms with E-state index in [0.717, 1.165) is 18.2 Å². The molecule has 1 amide bonds. The van der Waals surface area contributed by atoms with E-state index in [1.165, 1.54) is 13.8 Å². The summed E-state index contributed by atoms with van der Waals surface area (Å²) < 4.78 is 73.7. The van der Waals surface area contributed by atoms with E-state index in [9.17, 15) is 31.9 Å². The molecule has 0 fully saturated rings. The number of hydrazone groups is 1. The molecule has 1 aromatic carbocycles. The predicted molar refractivity (Wildman–Crippen MR) is 79.1 cm³/mol. The van der Waals surface area contributed by atoms with Gasteiger partial charge >= 0.3 is 12.8 Å². The summed E-state index contributed by atoms with van der Waals surface area (Å²) >= 11 is 0. The first-order valence-corrected chi connectivity index (χ1v) is 7.39. The van der Waals surface area contributed by atoms with Crippen molar-refractivity contribution in [3.63, 3.8) is 0 Å². The van der Waals surface area contributed by atoms with Gasteiger partial charge in [-0.15, -0.1) is 0 Å². The lowest BCUT2D eigenvalue weighted by Gasteiger charge is -2.32. The molecule has 0 saturated heterocycles. The highest BCUT2D eigenvalue weighted by molar-refractivity contribution is 5.98. The van der Waals surface area contributed by atoms with Gasteiger partial charge in [0.15, 0.2) is 11.5 Å². The van der Waals surface area contributed by atoms with Gasteiger partial charge in [0.25, 0.3) is 11.6 Å². The molecule has 144 valence electrons. The summed E-state index contributed by atoms with van der Waals surface area (Å²) in [4.78, 5) is 12.5. The SMILES string of the molecule is CCOc1cc(C(=O)N2N=C(C)C[C@]2(O)C(F)(F)F)ccc1OC(F)F. The highest BCUT2D eigenvalue weighted by Crippen LogP contribution is 2.41. The maximum atomic E-state index is 13.2. The lowest BCUT2D eigenvalue weighted by atomic mass is 10.1. The van der Waals surface area contributed by atoms with Crippen molar-refractivity contribution in [3.05, 3.63) is 23.8 Å². The fraction of sp³-hybridized carbons (Fsp3) is 0.467. The van der Waals surface area contributed by atoms with E-state index < -0.39 is 30.8 Å². The van der Waals surface area contributed by atoms with Gasteiger partial charge in [0.2, 0.25) is 0 Å². The Labute approximate surface area is 144 Å². The van der Waals surface area contributed by atoms with Crippen molar-refractivity contribution in [1.82, 2.24) is 5.01 Å². The third kappa shape index (κ3) is 3.71. The Morgan fingerprint density at radius 2 is 2.04 bits per heavy atom. The molecule has 0 radical (unpaired) electrons. The highest BCUT2D eigenvalue weighted by atomic mass is 19.4. The van der Waals surface area contributed by atoms with E-state index >= 15 is 0 Å². The first-order valence-electron chi connectivity index (χ1n) is 7.39. The second kappa shape index (κ2) is 7.06. The zero-order valence-corrected chi connectivity index (χ0v) is 13.7. The summed E-state index contributed by atoms with van der Waals surface area (Å²) in [7, 11) is 0. The Kier molecular flexibility index (Phi) is 5.40. The minimum Gasteiger partial charge on any atom is -0.490 e. The summed E-state index contributed by atoms with van der Waals surface area (Å²) in [6.07, 6.45) is -6.04. The van der Waals surface area contributed by atoms with Crippen LogP contribution in [0.25, 0.3) is 0 Å². The van der Waals surface area contributed by atoms with Crippen LogP contribution in [-0.4, -0.2) is 46.9 Å². The van der Waals surface area contributed by atoms with Crippen LogP contribution in [0, 0.1) is 0 Å². The molecule has 26 heavy (non-hydrogen) atoms. The fourth-order valence-corrected chi connectivity index (χ4v) is 2.38. The van der Waals surface area contributed by atoms with Gasteiger partial charge in [-0.3, -0.25) is 4.79 Å². The third-order valence-electron chi connectivity index (χ3n) is 3.48. The van der Waals surface area contributed by atoms with Gasteiger partial charge in [0.05, 0.1) is 6.61 Å². The van der Waals surface area contributed by atoms with Crippen LogP contribution in [0.4, 0.5) is 22.0 Å². The quantitative estimate of drug-likeness (QED) is 0.795. The van der Waals surface area contributed by atoms with Crippen molar-refractivity contribution in [2.75, 3.05) is 6.61 Å². The number of ether oxygens (including phenoxy) is 2. The van der Waals surface area contributed by atoms with E-state index in [1.54, 1.807) is 0 Å². The standard InChI is InChI=1S/C15H15F5N2O4/c1-3-25-11-6-9(4-5-10(11)26-13(16)17)12(23)22-14(24,15(18,19)20)7-8(2)21-22/h4-6,13,24H,3,7H2,1-2H3/t14-/m0/s1. The molecule has 0 spiro atoms. The summed E-state index contributed by atoms with van der Waals surface area (Å²) in [5.41, 5.74) is -3.94. The van der Waals surface area contributed by atoms with Gasteiger partial charge in [-0.2, -0.15) is 32.1 Å². The molecule has 1 aromatic rings. The number of rotatable bonds is 5. The van der Waals surface area contributed by atoms with Gasteiger partial charge in [-0.05, 0) is 32.0 Å². The molecule has 0 saturated carbocycles. The van der Waals surface area contributed by atoms with E-state index in [1.807, 2.05) is 0 Å². The Balaban J connectivity index is 2.41. The monoisotopic (exact) mass is 382 g/mol. The molecule has 11 heteroatoms. The van der Waals surface area contributed by atoms with Crippen molar-refractivity contribution in [3.8, 4) is 11.5 Å². The summed E-state index contributed by atoms with van der Waals surface area (Å²) in [6.45, 7) is -0.353. The average Bonchev–Trinajstić information content (AvgIpc) is 2.84. The molecule has 0 aliphatic carbocycles. The largest absolute Gasteiger partial charge is 0.490 e. The average molecular weight is 382 g/mol. The molecule has 6 nitrogen and oxygen atoms in total. The van der Waals surface area contributed by atoms with Gasteiger partial charge < -0.3 is 14.6 Å². The first kappa shape index (κ1) is 19.9. The van der Waals surface area contributed by atoms with E-state index in [-0.39, 0.29) is 34.4 Å². The van der Waals surface area contributed by atoms with E-state index in [4.69, 9.17) is 4.74 Å². The number of benzene rings is 1. The number of carbonyl (C=O) groups excluding carboxylic acids is 1. The van der Waals surface area contributed by atoms with Crippen LogP contribution in [0.2, 0.25) is 0 Å². The molecule has 1 N–H and O–H groups in total. The van der Waals surface area contributed by atoms with Crippen molar-refractivity contribution in [2.45, 2.75) is 38.8 Å². The molecular formula is C15H15F5N2O4. The summed E-state index contributed by atoms with van der Waals surface area (Å²) in [5, 5.41) is 13.3. The van der Waals surface area contributed by atoms with Gasteiger partial charge in [-0.1, -0.05) is 0 Å². The minimum atomic E-state index is -5.15. The van der Waals surface area contributed by atoms with Crippen LogP contribution in [0.15, 0.2) is 23.3 Å². The smallest absolute Gasteiger partial charge is 0.438 e. The Morgan fingerprint density at radius 3 is 2.58 bits per heavy atom. The topological polar surface area (TPSA) is 71.4 Å². The molecule has 0 aromatic heterocycles. The number of aliphatic hydroxyl groups is 1. The normalized spacial score (nSPS) is 20.3. The number of amides is 1. The van der Waals surface area contributed by atoms with Crippen molar-refractivity contribution < 1.29 is 41.3 Å². The van der Waals surface area contributed by atoms with Crippen molar-refractivity contribution in [1.29, 1.82) is 0 Å². The molecule has 1 aliphatic heterocycles. The lowest BCUT2D eigenvalue weighted by molar-refractivity contribution is -0.297.